The first kappa shape index (κ1) is 17.8. The van der Waals surface area contributed by atoms with Crippen LogP contribution in [-0.4, -0.2) is 69.6 Å². The molecule has 0 spiro atoms. The molecule has 1 saturated heterocycles. The van der Waals surface area contributed by atoms with Gasteiger partial charge in [0.1, 0.15) is 12.4 Å². The van der Waals surface area contributed by atoms with Crippen LogP contribution in [0.25, 0.3) is 0 Å². The number of ether oxygens (including phenoxy) is 1. The zero-order valence-electron chi connectivity index (χ0n) is 14.5. The van der Waals surface area contributed by atoms with Crippen LogP contribution in [0, 0.1) is 5.92 Å². The van der Waals surface area contributed by atoms with Gasteiger partial charge in [-0.15, -0.1) is 0 Å². The predicted octanol–water partition coefficient (Wildman–Crippen LogP) is 1.70. The quantitative estimate of drug-likeness (QED) is 0.831. The molecular weight excluding hydrogens is 290 g/mol. The molecule has 23 heavy (non-hydrogen) atoms. The molecule has 1 heterocycles. The average molecular weight is 319 g/mol. The van der Waals surface area contributed by atoms with Crippen LogP contribution in [0.3, 0.4) is 0 Å². The molecule has 128 valence electrons. The van der Waals surface area contributed by atoms with E-state index in [1.807, 2.05) is 50.3 Å². The SMILES string of the molecule is CNCC1CCCN(C(=O)c2ccccc2OCCN(C)C)C1. The number of likely N-dealkylation sites (N-methyl/N-ethyl adjacent to an activating group) is 1. The molecule has 1 unspecified atom stereocenters. The van der Waals surface area contributed by atoms with Crippen LogP contribution in [0.2, 0.25) is 0 Å². The lowest BCUT2D eigenvalue weighted by Crippen LogP contribution is -2.42. The molecule has 1 amide bonds. The average Bonchev–Trinajstić information content (AvgIpc) is 2.55. The normalized spacial score (nSPS) is 18.3. The first-order valence-electron chi connectivity index (χ1n) is 8.42. The van der Waals surface area contributed by atoms with E-state index in [2.05, 4.69) is 10.2 Å². The van der Waals surface area contributed by atoms with E-state index in [9.17, 15) is 4.79 Å². The van der Waals surface area contributed by atoms with Crippen molar-refractivity contribution in [1.82, 2.24) is 15.1 Å². The first-order valence-corrected chi connectivity index (χ1v) is 8.42. The number of piperidine rings is 1. The van der Waals surface area contributed by atoms with Gasteiger partial charge in [-0.25, -0.2) is 0 Å². The van der Waals surface area contributed by atoms with Crippen molar-refractivity contribution in [3.05, 3.63) is 29.8 Å². The molecule has 1 aliphatic rings. The van der Waals surface area contributed by atoms with Crippen LogP contribution in [-0.2, 0) is 0 Å². The first-order chi connectivity index (χ1) is 11.1. The molecule has 1 N–H and O–H groups in total. The van der Waals surface area contributed by atoms with Crippen molar-refractivity contribution in [1.29, 1.82) is 0 Å². The molecule has 0 bridgehead atoms. The summed E-state index contributed by atoms with van der Waals surface area (Å²) in [5, 5.41) is 3.22. The Bertz CT molecular complexity index is 503. The van der Waals surface area contributed by atoms with E-state index >= 15 is 0 Å². The highest BCUT2D eigenvalue weighted by Gasteiger charge is 2.25. The second-order valence-corrected chi connectivity index (χ2v) is 6.46. The number of benzene rings is 1. The predicted molar refractivity (Wildman–Crippen MR) is 93.0 cm³/mol. The van der Waals surface area contributed by atoms with Gasteiger partial charge in [-0.3, -0.25) is 4.79 Å². The molecule has 0 aromatic heterocycles. The van der Waals surface area contributed by atoms with Crippen molar-refractivity contribution in [2.24, 2.45) is 5.92 Å². The van der Waals surface area contributed by atoms with Crippen LogP contribution in [0.1, 0.15) is 23.2 Å². The Hall–Kier alpha value is -1.59. The Kier molecular flexibility index (Phi) is 6.86. The van der Waals surface area contributed by atoms with Crippen LogP contribution in [0.4, 0.5) is 0 Å². The zero-order chi connectivity index (χ0) is 16.7. The van der Waals surface area contributed by atoms with Crippen molar-refractivity contribution in [2.75, 3.05) is 53.9 Å². The molecule has 1 fully saturated rings. The van der Waals surface area contributed by atoms with Crippen LogP contribution in [0.15, 0.2) is 24.3 Å². The summed E-state index contributed by atoms with van der Waals surface area (Å²) in [6, 6.07) is 7.58. The lowest BCUT2D eigenvalue weighted by atomic mass is 9.97. The highest BCUT2D eigenvalue weighted by molar-refractivity contribution is 5.97. The minimum Gasteiger partial charge on any atom is -0.491 e. The summed E-state index contributed by atoms with van der Waals surface area (Å²) >= 11 is 0. The lowest BCUT2D eigenvalue weighted by molar-refractivity contribution is 0.0669. The molecule has 2 rings (SSSR count). The summed E-state index contributed by atoms with van der Waals surface area (Å²) in [6.07, 6.45) is 2.26. The van der Waals surface area contributed by atoms with E-state index < -0.39 is 0 Å². The number of carbonyl (C=O) groups is 1. The summed E-state index contributed by atoms with van der Waals surface area (Å²) in [5.74, 6) is 1.32. The summed E-state index contributed by atoms with van der Waals surface area (Å²) in [5.41, 5.74) is 0.677. The van der Waals surface area contributed by atoms with E-state index in [1.165, 1.54) is 6.42 Å². The van der Waals surface area contributed by atoms with Gasteiger partial charge in [0.2, 0.25) is 0 Å². The Balaban J connectivity index is 2.03. The van der Waals surface area contributed by atoms with Crippen molar-refractivity contribution in [2.45, 2.75) is 12.8 Å². The molecule has 0 saturated carbocycles. The van der Waals surface area contributed by atoms with Crippen LogP contribution >= 0.6 is 0 Å². The van der Waals surface area contributed by atoms with Gasteiger partial charge in [0.25, 0.3) is 5.91 Å². The number of para-hydroxylation sites is 1. The number of nitrogens with one attached hydrogen (secondary N) is 1. The maximum Gasteiger partial charge on any atom is 0.257 e. The highest BCUT2D eigenvalue weighted by atomic mass is 16.5. The molecule has 0 aliphatic carbocycles. The van der Waals surface area contributed by atoms with Crippen molar-refractivity contribution < 1.29 is 9.53 Å². The smallest absolute Gasteiger partial charge is 0.257 e. The van der Waals surface area contributed by atoms with Crippen molar-refractivity contribution in [3.63, 3.8) is 0 Å². The highest BCUT2D eigenvalue weighted by Crippen LogP contribution is 2.23. The number of carbonyl (C=O) groups excluding carboxylic acids is 1. The fourth-order valence-corrected chi connectivity index (χ4v) is 2.98. The maximum absolute atomic E-state index is 12.9. The molecule has 0 radical (unpaired) electrons. The number of likely N-dealkylation sites (tertiary alicyclic amines) is 1. The molecule has 1 atom stereocenters. The van der Waals surface area contributed by atoms with E-state index in [0.717, 1.165) is 32.6 Å². The van der Waals surface area contributed by atoms with Gasteiger partial charge in [-0.2, -0.15) is 0 Å². The molecule has 5 heteroatoms. The number of amides is 1. The molecule has 1 aromatic rings. The Morgan fingerprint density at radius 3 is 2.91 bits per heavy atom. The molecule has 5 nitrogen and oxygen atoms in total. The van der Waals surface area contributed by atoms with Gasteiger partial charge in [0, 0.05) is 19.6 Å². The number of hydrogen-bond acceptors (Lipinski definition) is 4. The maximum atomic E-state index is 12.9. The van der Waals surface area contributed by atoms with E-state index in [0.29, 0.717) is 23.8 Å². The Morgan fingerprint density at radius 2 is 2.17 bits per heavy atom. The van der Waals surface area contributed by atoms with Gasteiger partial charge >= 0.3 is 0 Å². The van der Waals surface area contributed by atoms with E-state index in [1.54, 1.807) is 0 Å². The number of nitrogens with zero attached hydrogens (tertiary/aromatic N) is 2. The fourth-order valence-electron chi connectivity index (χ4n) is 2.98. The topological polar surface area (TPSA) is 44.8 Å². The Labute approximate surface area is 139 Å². The summed E-state index contributed by atoms with van der Waals surface area (Å²) < 4.78 is 5.83. The second kappa shape index (κ2) is 8.89. The van der Waals surface area contributed by atoms with Crippen molar-refractivity contribution >= 4 is 5.91 Å². The van der Waals surface area contributed by atoms with Gasteiger partial charge in [-0.05, 0) is 58.6 Å². The van der Waals surface area contributed by atoms with Gasteiger partial charge in [0.15, 0.2) is 0 Å². The third-order valence-corrected chi connectivity index (χ3v) is 4.21. The van der Waals surface area contributed by atoms with Gasteiger partial charge < -0.3 is 19.9 Å². The largest absolute Gasteiger partial charge is 0.491 e. The minimum absolute atomic E-state index is 0.0891. The van der Waals surface area contributed by atoms with Crippen LogP contribution < -0.4 is 10.1 Å². The van der Waals surface area contributed by atoms with Crippen LogP contribution in [0.5, 0.6) is 5.75 Å². The number of rotatable bonds is 7. The van der Waals surface area contributed by atoms with Crippen molar-refractivity contribution in [3.8, 4) is 5.75 Å². The van der Waals surface area contributed by atoms with Gasteiger partial charge in [0.05, 0.1) is 5.56 Å². The molecular formula is C18H29N3O2. The lowest BCUT2D eigenvalue weighted by Gasteiger charge is -2.33. The minimum atomic E-state index is 0.0891. The standard InChI is InChI=1S/C18H29N3O2/c1-19-13-15-7-6-10-21(14-15)18(22)16-8-4-5-9-17(16)23-12-11-20(2)3/h4-5,8-9,15,19H,6-7,10-14H2,1-3H3. The third kappa shape index (κ3) is 5.22. The third-order valence-electron chi connectivity index (χ3n) is 4.21. The molecule has 1 aliphatic heterocycles. The monoisotopic (exact) mass is 319 g/mol. The zero-order valence-corrected chi connectivity index (χ0v) is 14.5. The summed E-state index contributed by atoms with van der Waals surface area (Å²) in [7, 11) is 5.99. The van der Waals surface area contributed by atoms with E-state index in [4.69, 9.17) is 4.74 Å². The number of hydrogen-bond donors (Lipinski definition) is 1. The van der Waals surface area contributed by atoms with Gasteiger partial charge in [-0.1, -0.05) is 12.1 Å². The van der Waals surface area contributed by atoms with E-state index in [-0.39, 0.29) is 5.91 Å². The summed E-state index contributed by atoms with van der Waals surface area (Å²) in [6.45, 7) is 4.04. The Morgan fingerprint density at radius 1 is 1.39 bits per heavy atom. The second-order valence-electron chi connectivity index (χ2n) is 6.46. The summed E-state index contributed by atoms with van der Waals surface area (Å²) in [4.78, 5) is 16.9. The molecule has 1 aromatic carbocycles. The fraction of sp³-hybridized carbons (Fsp3) is 0.611.